The van der Waals surface area contributed by atoms with Crippen molar-refractivity contribution < 1.29 is 14.3 Å². The van der Waals surface area contributed by atoms with Gasteiger partial charge in [-0.3, -0.25) is 9.59 Å². The molecule has 2 unspecified atom stereocenters. The Hall–Kier alpha value is -1.06. The molecule has 0 aromatic heterocycles. The van der Waals surface area contributed by atoms with Crippen LogP contribution in [0.1, 0.15) is 25.7 Å². The molecule has 0 saturated heterocycles. The fraction of sp³-hybridized carbons (Fsp3) is 0.818. The number of ether oxygens (including phenoxy) is 1. The lowest BCUT2D eigenvalue weighted by Crippen LogP contribution is -2.22. The second kappa shape index (κ2) is 3.83. The lowest BCUT2D eigenvalue weighted by Gasteiger charge is -2.10. The molecule has 0 aromatic rings. The molecule has 84 valence electrons. The number of primary amides is 1. The van der Waals surface area contributed by atoms with E-state index in [4.69, 9.17) is 10.5 Å². The quantitative estimate of drug-likeness (QED) is 0.683. The van der Waals surface area contributed by atoms with Crippen LogP contribution in [0.2, 0.25) is 0 Å². The van der Waals surface area contributed by atoms with Crippen LogP contribution in [0.3, 0.4) is 0 Å². The zero-order chi connectivity index (χ0) is 11.0. The van der Waals surface area contributed by atoms with Gasteiger partial charge in [0.1, 0.15) is 0 Å². The van der Waals surface area contributed by atoms with Crippen LogP contribution in [-0.4, -0.2) is 19.0 Å². The number of hydrogen-bond acceptors (Lipinski definition) is 3. The fourth-order valence-corrected chi connectivity index (χ4v) is 3.21. The number of hydrogen-bond donors (Lipinski definition) is 1. The van der Waals surface area contributed by atoms with Gasteiger partial charge in [0.15, 0.2) is 0 Å². The maximum atomic E-state index is 11.3. The van der Waals surface area contributed by atoms with E-state index in [0.29, 0.717) is 11.8 Å². The summed E-state index contributed by atoms with van der Waals surface area (Å²) in [5, 5.41) is 0. The van der Waals surface area contributed by atoms with Crippen LogP contribution in [-0.2, 0) is 14.3 Å². The average molecular weight is 211 g/mol. The molecule has 4 nitrogen and oxygen atoms in total. The fourth-order valence-electron chi connectivity index (χ4n) is 3.21. The number of amides is 1. The summed E-state index contributed by atoms with van der Waals surface area (Å²) in [5.74, 6) is 0.828. The topological polar surface area (TPSA) is 69.4 Å². The molecule has 0 aliphatic heterocycles. The Labute approximate surface area is 89.2 Å². The number of rotatable bonds is 2. The molecule has 0 heterocycles. The number of carbonyl (C=O) groups is 2. The molecule has 2 saturated carbocycles. The van der Waals surface area contributed by atoms with Gasteiger partial charge < -0.3 is 10.5 Å². The highest BCUT2D eigenvalue weighted by Gasteiger charge is 2.45. The molecule has 2 aliphatic rings. The van der Waals surface area contributed by atoms with Crippen molar-refractivity contribution in [1.82, 2.24) is 0 Å². The second-order valence-corrected chi connectivity index (χ2v) is 4.78. The summed E-state index contributed by atoms with van der Waals surface area (Å²) < 4.78 is 4.74. The van der Waals surface area contributed by atoms with Gasteiger partial charge in [0.25, 0.3) is 0 Å². The SMILES string of the molecule is COC(=O)C1CC2CC(C(N)=O)CC2C1. The van der Waals surface area contributed by atoms with Crippen molar-refractivity contribution in [2.24, 2.45) is 29.4 Å². The molecule has 0 bridgehead atoms. The first-order chi connectivity index (χ1) is 7.11. The van der Waals surface area contributed by atoms with Gasteiger partial charge in [-0.15, -0.1) is 0 Å². The smallest absolute Gasteiger partial charge is 0.308 e. The van der Waals surface area contributed by atoms with Crippen molar-refractivity contribution in [3.05, 3.63) is 0 Å². The summed E-state index contributed by atoms with van der Waals surface area (Å²) in [4.78, 5) is 22.4. The third kappa shape index (κ3) is 1.85. The average Bonchev–Trinajstić information content (AvgIpc) is 2.72. The summed E-state index contributed by atoms with van der Waals surface area (Å²) in [6, 6.07) is 0. The molecule has 2 fully saturated rings. The molecule has 0 spiro atoms. The third-order valence-electron chi connectivity index (χ3n) is 3.95. The first-order valence-electron chi connectivity index (χ1n) is 5.49. The second-order valence-electron chi connectivity index (χ2n) is 4.78. The van der Waals surface area contributed by atoms with E-state index in [1.807, 2.05) is 0 Å². The van der Waals surface area contributed by atoms with Crippen LogP contribution in [0.4, 0.5) is 0 Å². The van der Waals surface area contributed by atoms with E-state index in [9.17, 15) is 9.59 Å². The summed E-state index contributed by atoms with van der Waals surface area (Å²) in [7, 11) is 1.43. The molecule has 2 N–H and O–H groups in total. The van der Waals surface area contributed by atoms with Crippen molar-refractivity contribution in [3.63, 3.8) is 0 Å². The number of esters is 1. The predicted octanol–water partition coefficient (Wildman–Crippen LogP) is 0.697. The van der Waals surface area contributed by atoms with E-state index in [1.165, 1.54) is 7.11 Å². The highest BCUT2D eigenvalue weighted by atomic mass is 16.5. The third-order valence-corrected chi connectivity index (χ3v) is 3.95. The maximum absolute atomic E-state index is 11.3. The Morgan fingerprint density at radius 1 is 1.07 bits per heavy atom. The Bertz CT molecular complexity index is 276. The molecule has 2 rings (SSSR count). The zero-order valence-corrected chi connectivity index (χ0v) is 8.94. The van der Waals surface area contributed by atoms with Gasteiger partial charge in [-0.1, -0.05) is 0 Å². The maximum Gasteiger partial charge on any atom is 0.308 e. The first kappa shape index (κ1) is 10.5. The van der Waals surface area contributed by atoms with Crippen molar-refractivity contribution in [2.45, 2.75) is 25.7 Å². The van der Waals surface area contributed by atoms with Gasteiger partial charge in [-0.2, -0.15) is 0 Å². The van der Waals surface area contributed by atoms with E-state index in [2.05, 4.69) is 0 Å². The standard InChI is InChI=1S/C11H17NO3/c1-15-11(14)9-4-6-2-8(10(12)13)3-7(6)5-9/h6-9H,2-5H2,1H3,(H2,12,13). The van der Waals surface area contributed by atoms with Crippen LogP contribution in [0.15, 0.2) is 0 Å². The van der Waals surface area contributed by atoms with Gasteiger partial charge in [0, 0.05) is 5.92 Å². The van der Waals surface area contributed by atoms with Gasteiger partial charge >= 0.3 is 5.97 Å². The van der Waals surface area contributed by atoms with Crippen LogP contribution in [0.5, 0.6) is 0 Å². The van der Waals surface area contributed by atoms with E-state index in [1.54, 1.807) is 0 Å². The minimum absolute atomic E-state index is 0.0404. The van der Waals surface area contributed by atoms with Crippen LogP contribution < -0.4 is 5.73 Å². The largest absolute Gasteiger partial charge is 0.469 e. The van der Waals surface area contributed by atoms with E-state index >= 15 is 0 Å². The molecule has 0 radical (unpaired) electrons. The normalized spacial score (nSPS) is 38.7. The minimum atomic E-state index is -0.181. The zero-order valence-electron chi connectivity index (χ0n) is 8.94. The Morgan fingerprint density at radius 2 is 1.53 bits per heavy atom. The Balaban J connectivity index is 1.93. The van der Waals surface area contributed by atoms with Crippen molar-refractivity contribution in [3.8, 4) is 0 Å². The molecule has 1 amide bonds. The number of nitrogens with two attached hydrogens (primary N) is 1. The lowest BCUT2D eigenvalue weighted by atomic mass is 9.98. The number of fused-ring (bicyclic) bond motifs is 1. The summed E-state index contributed by atoms with van der Waals surface area (Å²) in [6.45, 7) is 0. The van der Waals surface area contributed by atoms with Gasteiger partial charge in [0.05, 0.1) is 13.0 Å². The van der Waals surface area contributed by atoms with E-state index < -0.39 is 0 Å². The Morgan fingerprint density at radius 3 is 1.93 bits per heavy atom. The molecule has 15 heavy (non-hydrogen) atoms. The summed E-state index contributed by atoms with van der Waals surface area (Å²) in [6.07, 6.45) is 3.49. The summed E-state index contributed by atoms with van der Waals surface area (Å²) in [5.41, 5.74) is 5.29. The molecular weight excluding hydrogens is 194 g/mol. The van der Waals surface area contributed by atoms with Crippen LogP contribution in [0, 0.1) is 23.7 Å². The molecule has 2 aliphatic carbocycles. The molecular formula is C11H17NO3. The van der Waals surface area contributed by atoms with Crippen LogP contribution >= 0.6 is 0 Å². The lowest BCUT2D eigenvalue weighted by molar-refractivity contribution is -0.145. The van der Waals surface area contributed by atoms with Crippen LogP contribution in [0.25, 0.3) is 0 Å². The monoisotopic (exact) mass is 211 g/mol. The van der Waals surface area contributed by atoms with Crippen molar-refractivity contribution in [2.75, 3.05) is 7.11 Å². The molecule has 4 heteroatoms. The minimum Gasteiger partial charge on any atom is -0.469 e. The number of methoxy groups -OCH3 is 1. The van der Waals surface area contributed by atoms with Gasteiger partial charge in [-0.25, -0.2) is 0 Å². The van der Waals surface area contributed by atoms with Gasteiger partial charge in [0.2, 0.25) is 5.91 Å². The van der Waals surface area contributed by atoms with E-state index in [0.717, 1.165) is 25.7 Å². The molecule has 2 atom stereocenters. The van der Waals surface area contributed by atoms with E-state index in [-0.39, 0.29) is 23.7 Å². The highest BCUT2D eigenvalue weighted by Crippen LogP contribution is 2.49. The highest BCUT2D eigenvalue weighted by molar-refractivity contribution is 5.77. The van der Waals surface area contributed by atoms with Gasteiger partial charge in [-0.05, 0) is 37.5 Å². The van der Waals surface area contributed by atoms with Crippen molar-refractivity contribution >= 4 is 11.9 Å². The van der Waals surface area contributed by atoms with Crippen molar-refractivity contribution in [1.29, 1.82) is 0 Å². The Kier molecular flexibility index (Phi) is 2.67. The predicted molar refractivity (Wildman–Crippen MR) is 53.6 cm³/mol. The summed E-state index contributed by atoms with van der Waals surface area (Å²) >= 11 is 0. The number of carbonyl (C=O) groups excluding carboxylic acids is 2. The first-order valence-corrected chi connectivity index (χ1v) is 5.49. The molecule has 0 aromatic carbocycles.